The van der Waals surface area contributed by atoms with Gasteiger partial charge in [-0.15, -0.1) is 0 Å². The number of aromatic hydroxyl groups is 1. The Kier molecular flexibility index (Phi) is 4.95. The van der Waals surface area contributed by atoms with E-state index in [0.29, 0.717) is 29.5 Å². The smallest absolute Gasteiger partial charge is 0.219 e. The van der Waals surface area contributed by atoms with Crippen molar-refractivity contribution in [1.82, 2.24) is 14.3 Å². The van der Waals surface area contributed by atoms with Crippen molar-refractivity contribution in [1.29, 1.82) is 0 Å². The van der Waals surface area contributed by atoms with E-state index in [2.05, 4.69) is 16.2 Å². The van der Waals surface area contributed by atoms with E-state index in [1.165, 1.54) is 11.5 Å². The Hall–Kier alpha value is -2.90. The van der Waals surface area contributed by atoms with E-state index >= 15 is 0 Å². The summed E-state index contributed by atoms with van der Waals surface area (Å²) in [4.78, 5) is 20.7. The van der Waals surface area contributed by atoms with Crippen molar-refractivity contribution >= 4 is 55.8 Å². The van der Waals surface area contributed by atoms with Crippen molar-refractivity contribution < 1.29 is 9.90 Å². The highest BCUT2D eigenvalue weighted by Gasteiger charge is 2.28. The molecule has 1 saturated heterocycles. The van der Waals surface area contributed by atoms with Gasteiger partial charge in [0.15, 0.2) is 5.65 Å². The van der Waals surface area contributed by atoms with Crippen LogP contribution < -0.4 is 4.90 Å². The fourth-order valence-corrected chi connectivity index (χ4v) is 5.46. The van der Waals surface area contributed by atoms with Crippen LogP contribution in [0.2, 0.25) is 5.02 Å². The number of halogens is 1. The molecule has 158 valence electrons. The van der Waals surface area contributed by atoms with Crippen molar-refractivity contribution in [3.63, 3.8) is 0 Å². The van der Waals surface area contributed by atoms with Gasteiger partial charge in [-0.25, -0.2) is 4.98 Å². The minimum atomic E-state index is 0.105. The van der Waals surface area contributed by atoms with Crippen LogP contribution in [0.4, 0.5) is 5.00 Å². The van der Waals surface area contributed by atoms with E-state index in [1.807, 2.05) is 35.2 Å². The van der Waals surface area contributed by atoms with Gasteiger partial charge in [0.2, 0.25) is 5.91 Å². The van der Waals surface area contributed by atoms with Crippen LogP contribution in [-0.4, -0.2) is 50.9 Å². The highest BCUT2D eigenvalue weighted by atomic mass is 35.5. The Labute approximate surface area is 188 Å². The number of rotatable bonds is 2. The van der Waals surface area contributed by atoms with Crippen LogP contribution in [0.3, 0.4) is 0 Å². The fourth-order valence-electron chi connectivity index (χ4n) is 4.27. The molecule has 2 aromatic carbocycles. The lowest BCUT2D eigenvalue weighted by atomic mass is 10.0. The summed E-state index contributed by atoms with van der Waals surface area (Å²) in [5, 5.41) is 14.6. The zero-order valence-corrected chi connectivity index (χ0v) is 18.7. The standard InChI is InChI=1S/C23H21ClN4O2S/c1-13-12-27(14(2)29)7-8-28(13)23-19-11-20(24)21(25-22(19)26-31-23)18-10-16(30)9-15-5-3-4-6-17(15)18/h3-6,9-11,13,30H,7-8,12H2,1-2H3. The summed E-state index contributed by atoms with van der Waals surface area (Å²) in [7, 11) is 0. The van der Waals surface area contributed by atoms with Gasteiger partial charge in [-0.1, -0.05) is 35.9 Å². The molecular formula is C23H21ClN4O2S. The number of hydrogen-bond acceptors (Lipinski definition) is 6. The lowest BCUT2D eigenvalue weighted by molar-refractivity contribution is -0.129. The molecule has 1 aliphatic heterocycles. The Morgan fingerprint density at radius 2 is 2.00 bits per heavy atom. The van der Waals surface area contributed by atoms with Gasteiger partial charge in [-0.2, -0.15) is 4.37 Å². The maximum absolute atomic E-state index is 11.7. The first-order valence-corrected chi connectivity index (χ1v) is 11.3. The molecular weight excluding hydrogens is 432 g/mol. The number of phenolic OH excluding ortho intramolecular Hbond substituents is 1. The van der Waals surface area contributed by atoms with Crippen molar-refractivity contribution in [3.8, 4) is 17.0 Å². The molecule has 0 spiro atoms. The number of pyridine rings is 1. The number of benzene rings is 2. The van der Waals surface area contributed by atoms with Crippen molar-refractivity contribution in [3.05, 3.63) is 47.5 Å². The van der Waals surface area contributed by atoms with E-state index in [9.17, 15) is 9.90 Å². The molecule has 5 rings (SSSR count). The Morgan fingerprint density at radius 1 is 1.19 bits per heavy atom. The number of anilines is 1. The summed E-state index contributed by atoms with van der Waals surface area (Å²) in [6.45, 7) is 5.84. The Balaban J connectivity index is 1.58. The molecule has 8 heteroatoms. The molecule has 0 aliphatic carbocycles. The van der Waals surface area contributed by atoms with Gasteiger partial charge in [0.05, 0.1) is 16.1 Å². The first kappa shape index (κ1) is 20.0. The molecule has 1 N–H and O–H groups in total. The molecule has 31 heavy (non-hydrogen) atoms. The van der Waals surface area contributed by atoms with E-state index < -0.39 is 0 Å². The zero-order valence-electron chi connectivity index (χ0n) is 17.2. The van der Waals surface area contributed by atoms with E-state index in [4.69, 9.17) is 16.6 Å². The van der Waals surface area contributed by atoms with Gasteiger partial charge in [-0.3, -0.25) is 4.79 Å². The number of piperazine rings is 1. The first-order chi connectivity index (χ1) is 14.9. The molecule has 6 nitrogen and oxygen atoms in total. The molecule has 1 aliphatic rings. The SMILES string of the molecule is CC(=O)N1CCN(c2snc3nc(-c4cc(O)cc5ccccc45)c(Cl)cc23)C(C)C1. The number of carbonyl (C=O) groups is 1. The van der Waals surface area contributed by atoms with Gasteiger partial charge in [0.25, 0.3) is 0 Å². The molecule has 1 unspecified atom stereocenters. The third kappa shape index (κ3) is 3.47. The number of aromatic nitrogens is 2. The second-order valence-corrected chi connectivity index (χ2v) is 9.06. The molecule has 1 fully saturated rings. The maximum Gasteiger partial charge on any atom is 0.219 e. The summed E-state index contributed by atoms with van der Waals surface area (Å²) < 4.78 is 4.60. The highest BCUT2D eigenvalue weighted by molar-refractivity contribution is 7.11. The lowest BCUT2D eigenvalue weighted by Gasteiger charge is -2.40. The molecule has 1 amide bonds. The third-order valence-electron chi connectivity index (χ3n) is 5.84. The number of amides is 1. The number of carbonyl (C=O) groups excluding carboxylic acids is 1. The second kappa shape index (κ2) is 7.66. The van der Waals surface area contributed by atoms with Gasteiger partial charge >= 0.3 is 0 Å². The molecule has 1 atom stereocenters. The number of nitrogens with zero attached hydrogens (tertiary/aromatic N) is 4. The predicted octanol–water partition coefficient (Wildman–Crippen LogP) is 4.93. The average molecular weight is 453 g/mol. The van der Waals surface area contributed by atoms with Crippen molar-refractivity contribution in [2.24, 2.45) is 0 Å². The monoisotopic (exact) mass is 452 g/mol. The molecule has 0 radical (unpaired) electrons. The normalized spacial score (nSPS) is 16.9. The van der Waals surface area contributed by atoms with Crippen LogP contribution >= 0.6 is 23.1 Å². The number of hydrogen-bond donors (Lipinski definition) is 1. The molecule has 0 saturated carbocycles. The van der Waals surface area contributed by atoms with Crippen molar-refractivity contribution in [2.75, 3.05) is 24.5 Å². The van der Waals surface area contributed by atoms with E-state index in [0.717, 1.165) is 33.3 Å². The average Bonchev–Trinajstić information content (AvgIpc) is 3.14. The predicted molar refractivity (Wildman–Crippen MR) is 126 cm³/mol. The quantitative estimate of drug-likeness (QED) is 0.467. The number of fused-ring (bicyclic) bond motifs is 2. The molecule has 2 aromatic heterocycles. The van der Waals surface area contributed by atoms with Gasteiger partial charge < -0.3 is 14.9 Å². The van der Waals surface area contributed by atoms with Crippen LogP contribution in [0.25, 0.3) is 33.1 Å². The minimum absolute atomic E-state index is 0.105. The molecule has 0 bridgehead atoms. The van der Waals surface area contributed by atoms with Gasteiger partial charge in [0, 0.05) is 38.2 Å². The van der Waals surface area contributed by atoms with Crippen molar-refractivity contribution in [2.45, 2.75) is 19.9 Å². The summed E-state index contributed by atoms with van der Waals surface area (Å²) in [5.74, 6) is 0.274. The topological polar surface area (TPSA) is 69.6 Å². The van der Waals surface area contributed by atoms with Crippen LogP contribution in [0, 0.1) is 0 Å². The fraction of sp³-hybridized carbons (Fsp3) is 0.261. The van der Waals surface area contributed by atoms with Gasteiger partial charge in [-0.05, 0) is 47.4 Å². The van der Waals surface area contributed by atoms with Crippen LogP contribution in [0.1, 0.15) is 13.8 Å². The molecule has 3 heterocycles. The van der Waals surface area contributed by atoms with Crippen LogP contribution in [0.5, 0.6) is 5.75 Å². The number of phenols is 1. The summed E-state index contributed by atoms with van der Waals surface area (Å²) in [5.41, 5.74) is 2.01. The molecule has 4 aromatic rings. The Morgan fingerprint density at radius 3 is 2.77 bits per heavy atom. The maximum atomic E-state index is 11.7. The highest BCUT2D eigenvalue weighted by Crippen LogP contribution is 2.40. The second-order valence-electron chi connectivity index (χ2n) is 7.90. The third-order valence-corrected chi connectivity index (χ3v) is 7.02. The Bertz CT molecular complexity index is 1320. The summed E-state index contributed by atoms with van der Waals surface area (Å²) >= 11 is 8.12. The van der Waals surface area contributed by atoms with Crippen LogP contribution in [0.15, 0.2) is 42.5 Å². The van der Waals surface area contributed by atoms with Gasteiger partial charge in [0.1, 0.15) is 10.8 Å². The lowest BCUT2D eigenvalue weighted by Crippen LogP contribution is -2.53. The largest absolute Gasteiger partial charge is 0.508 e. The zero-order chi connectivity index (χ0) is 21.7. The minimum Gasteiger partial charge on any atom is -0.508 e. The van der Waals surface area contributed by atoms with E-state index in [1.54, 1.807) is 19.1 Å². The van der Waals surface area contributed by atoms with Crippen LogP contribution in [-0.2, 0) is 4.79 Å². The summed E-state index contributed by atoms with van der Waals surface area (Å²) in [6, 6.07) is 13.4. The summed E-state index contributed by atoms with van der Waals surface area (Å²) in [6.07, 6.45) is 0. The first-order valence-electron chi connectivity index (χ1n) is 10.1. The van der Waals surface area contributed by atoms with E-state index in [-0.39, 0.29) is 17.7 Å².